The monoisotopic (exact) mass is 530 g/mol. The quantitative estimate of drug-likeness (QED) is 0.412. The van der Waals surface area contributed by atoms with Gasteiger partial charge in [0.1, 0.15) is 12.3 Å². The van der Waals surface area contributed by atoms with Crippen LogP contribution >= 0.6 is 11.8 Å². The zero-order chi connectivity index (χ0) is 26.4. The van der Waals surface area contributed by atoms with Gasteiger partial charge in [-0.15, -0.1) is 0 Å². The molecular weight excluding hydrogens is 496 g/mol. The van der Waals surface area contributed by atoms with Crippen LogP contribution < -0.4 is 10.1 Å². The number of hydrogen-bond donors (Lipinski definition) is 1. The molecule has 0 aromatic heterocycles. The first kappa shape index (κ1) is 25.2. The van der Waals surface area contributed by atoms with Gasteiger partial charge in [0.25, 0.3) is 11.1 Å². The SMILES string of the molecule is CCOc1ccc(C23CC4CC(CC(C4)C2)C3)cc1/C=C1/SC(=O)N(CC(=O)Nc2ccccc2C)C1=O. The molecular formula is C31H34N2O4S. The van der Waals surface area contributed by atoms with Crippen LogP contribution in [-0.4, -0.2) is 35.1 Å². The maximum atomic E-state index is 13.2. The predicted octanol–water partition coefficient (Wildman–Crippen LogP) is 6.54. The predicted molar refractivity (Wildman–Crippen MR) is 150 cm³/mol. The van der Waals surface area contributed by atoms with Crippen molar-refractivity contribution < 1.29 is 19.1 Å². The molecule has 198 valence electrons. The summed E-state index contributed by atoms with van der Waals surface area (Å²) in [6, 6.07) is 13.9. The van der Waals surface area contributed by atoms with Gasteiger partial charge in [-0.2, -0.15) is 0 Å². The average Bonchev–Trinajstić information content (AvgIpc) is 3.13. The highest BCUT2D eigenvalue weighted by molar-refractivity contribution is 8.18. The van der Waals surface area contributed by atoms with E-state index in [0.29, 0.717) is 22.9 Å². The first-order valence-electron chi connectivity index (χ1n) is 13.7. The highest BCUT2D eigenvalue weighted by Crippen LogP contribution is 2.61. The van der Waals surface area contributed by atoms with Gasteiger partial charge in [0, 0.05) is 11.3 Å². The molecule has 1 N–H and O–H groups in total. The summed E-state index contributed by atoms with van der Waals surface area (Å²) < 4.78 is 5.92. The number of thioether (sulfide) groups is 1. The van der Waals surface area contributed by atoms with Gasteiger partial charge in [-0.3, -0.25) is 19.3 Å². The maximum absolute atomic E-state index is 13.2. The number of aryl methyl sites for hydroxylation is 1. The summed E-state index contributed by atoms with van der Waals surface area (Å²) in [5, 5.41) is 2.37. The first-order chi connectivity index (χ1) is 18.3. The van der Waals surface area contributed by atoms with Crippen LogP contribution in [0.3, 0.4) is 0 Å². The summed E-state index contributed by atoms with van der Waals surface area (Å²) in [5.74, 6) is 2.37. The van der Waals surface area contributed by atoms with Crippen molar-refractivity contribution in [2.75, 3.05) is 18.5 Å². The van der Waals surface area contributed by atoms with Gasteiger partial charge in [-0.25, -0.2) is 0 Å². The van der Waals surface area contributed by atoms with Gasteiger partial charge in [0.15, 0.2) is 0 Å². The standard InChI is InChI=1S/C31H34N2O4S/c1-3-37-26-9-8-24(31-15-20-10-21(16-31)12-22(11-20)17-31)13-23(26)14-27-29(35)33(30(36)38-27)18-28(34)32-25-7-5-4-6-19(25)2/h4-9,13-14,20-22H,3,10-12,15-18H2,1-2H3,(H,32,34)/b27-14+. The number of nitrogens with one attached hydrogen (secondary N) is 1. The van der Waals surface area contributed by atoms with Crippen LogP contribution in [0.2, 0.25) is 0 Å². The third kappa shape index (κ3) is 4.66. The molecule has 4 saturated carbocycles. The zero-order valence-corrected chi connectivity index (χ0v) is 22.8. The highest BCUT2D eigenvalue weighted by Gasteiger charge is 2.51. The molecule has 5 fully saturated rings. The topological polar surface area (TPSA) is 75.7 Å². The number of carbonyl (C=O) groups excluding carboxylic acids is 3. The van der Waals surface area contributed by atoms with Crippen LogP contribution in [-0.2, 0) is 15.0 Å². The Bertz CT molecular complexity index is 1300. The van der Waals surface area contributed by atoms with E-state index in [2.05, 4.69) is 17.4 Å². The van der Waals surface area contributed by atoms with E-state index in [1.807, 2.05) is 38.1 Å². The second kappa shape index (κ2) is 9.92. The van der Waals surface area contributed by atoms with Crippen molar-refractivity contribution in [1.29, 1.82) is 0 Å². The van der Waals surface area contributed by atoms with E-state index in [0.717, 1.165) is 45.5 Å². The van der Waals surface area contributed by atoms with Gasteiger partial charge in [0.05, 0.1) is 11.5 Å². The largest absolute Gasteiger partial charge is 0.493 e. The summed E-state index contributed by atoms with van der Waals surface area (Å²) in [5.41, 5.74) is 3.97. The summed E-state index contributed by atoms with van der Waals surface area (Å²) in [7, 11) is 0. The second-order valence-corrected chi connectivity index (χ2v) is 12.5. The molecule has 2 aromatic rings. The fraction of sp³-hybridized carbons (Fsp3) is 0.452. The Morgan fingerprint density at radius 2 is 1.76 bits per heavy atom. The van der Waals surface area contributed by atoms with Crippen molar-refractivity contribution in [3.63, 3.8) is 0 Å². The van der Waals surface area contributed by atoms with Gasteiger partial charge >= 0.3 is 0 Å². The van der Waals surface area contributed by atoms with Crippen molar-refractivity contribution in [2.24, 2.45) is 17.8 Å². The first-order valence-corrected chi connectivity index (χ1v) is 14.5. The lowest BCUT2D eigenvalue weighted by molar-refractivity contribution is -0.127. The number of carbonyl (C=O) groups is 3. The smallest absolute Gasteiger partial charge is 0.294 e. The average molecular weight is 531 g/mol. The molecule has 1 saturated heterocycles. The highest BCUT2D eigenvalue weighted by atomic mass is 32.2. The maximum Gasteiger partial charge on any atom is 0.294 e. The number of benzene rings is 2. The Kier molecular flexibility index (Phi) is 6.58. The number of rotatable bonds is 7. The molecule has 7 heteroatoms. The number of imide groups is 1. The molecule has 1 heterocycles. The van der Waals surface area contributed by atoms with Crippen molar-refractivity contribution in [1.82, 2.24) is 4.90 Å². The van der Waals surface area contributed by atoms with E-state index in [-0.39, 0.29) is 12.0 Å². The zero-order valence-electron chi connectivity index (χ0n) is 22.0. The molecule has 1 aliphatic heterocycles. The number of ether oxygens (including phenoxy) is 1. The molecule has 38 heavy (non-hydrogen) atoms. The summed E-state index contributed by atoms with van der Waals surface area (Å²) in [4.78, 5) is 40.0. The fourth-order valence-corrected chi connectivity index (χ4v) is 8.40. The van der Waals surface area contributed by atoms with E-state index in [1.165, 1.54) is 44.1 Å². The fourth-order valence-electron chi connectivity index (χ4n) is 7.57. The molecule has 3 amide bonds. The van der Waals surface area contributed by atoms with Crippen molar-refractivity contribution >= 4 is 40.6 Å². The Morgan fingerprint density at radius 3 is 2.42 bits per heavy atom. The number of nitrogens with zero attached hydrogens (tertiary/aromatic N) is 1. The molecule has 0 spiro atoms. The molecule has 0 radical (unpaired) electrons. The Labute approximate surface area is 228 Å². The van der Waals surface area contributed by atoms with Gasteiger partial charge < -0.3 is 10.1 Å². The van der Waals surface area contributed by atoms with Crippen LogP contribution in [0.5, 0.6) is 5.75 Å². The van der Waals surface area contributed by atoms with Crippen molar-refractivity contribution in [2.45, 2.75) is 57.8 Å². The Balaban J connectivity index is 1.24. The van der Waals surface area contributed by atoms with E-state index < -0.39 is 17.1 Å². The van der Waals surface area contributed by atoms with E-state index >= 15 is 0 Å². The second-order valence-electron chi connectivity index (χ2n) is 11.5. The Morgan fingerprint density at radius 1 is 1.08 bits per heavy atom. The molecule has 5 aliphatic rings. The normalized spacial score (nSPS) is 28.8. The van der Waals surface area contributed by atoms with Crippen molar-refractivity contribution in [3.8, 4) is 5.75 Å². The van der Waals surface area contributed by atoms with Crippen LogP contribution in [0.4, 0.5) is 10.5 Å². The van der Waals surface area contributed by atoms with Gasteiger partial charge in [-0.05, 0) is 123 Å². The van der Waals surface area contributed by atoms with E-state index in [9.17, 15) is 14.4 Å². The third-order valence-electron chi connectivity index (χ3n) is 8.84. The van der Waals surface area contributed by atoms with Crippen LogP contribution in [0, 0.1) is 24.7 Å². The molecule has 2 aromatic carbocycles. The van der Waals surface area contributed by atoms with Crippen LogP contribution in [0.1, 0.15) is 62.1 Å². The lowest BCUT2D eigenvalue weighted by atomic mass is 9.48. The number of para-hydroxylation sites is 1. The number of hydrogen-bond acceptors (Lipinski definition) is 5. The molecule has 0 unspecified atom stereocenters. The minimum Gasteiger partial charge on any atom is -0.493 e. The minimum atomic E-state index is -0.442. The minimum absolute atomic E-state index is 0.217. The summed E-state index contributed by atoms with van der Waals surface area (Å²) in [6.45, 7) is 4.03. The van der Waals surface area contributed by atoms with E-state index in [1.54, 1.807) is 12.1 Å². The lowest BCUT2D eigenvalue weighted by Crippen LogP contribution is -2.48. The molecule has 4 bridgehead atoms. The van der Waals surface area contributed by atoms with E-state index in [4.69, 9.17) is 4.74 Å². The number of anilines is 1. The van der Waals surface area contributed by atoms with Gasteiger partial charge in [-0.1, -0.05) is 24.3 Å². The van der Waals surface area contributed by atoms with Crippen LogP contribution in [0.25, 0.3) is 6.08 Å². The lowest BCUT2D eigenvalue weighted by Gasteiger charge is -2.57. The molecule has 6 nitrogen and oxygen atoms in total. The van der Waals surface area contributed by atoms with Crippen LogP contribution in [0.15, 0.2) is 47.4 Å². The summed E-state index contributed by atoms with van der Waals surface area (Å²) >= 11 is 0.883. The molecule has 7 rings (SSSR count). The number of amides is 3. The Hall–Kier alpha value is -3.06. The van der Waals surface area contributed by atoms with Crippen molar-refractivity contribution in [3.05, 3.63) is 64.1 Å². The van der Waals surface area contributed by atoms with Gasteiger partial charge in [0.2, 0.25) is 5.91 Å². The third-order valence-corrected chi connectivity index (χ3v) is 9.75. The summed E-state index contributed by atoms with van der Waals surface area (Å²) in [6.07, 6.45) is 9.67. The molecule has 4 aliphatic carbocycles. The molecule has 0 atom stereocenters.